The first-order chi connectivity index (χ1) is 7.81. The van der Waals surface area contributed by atoms with E-state index in [1.54, 1.807) is 0 Å². The van der Waals surface area contributed by atoms with E-state index in [9.17, 15) is 18.0 Å². The highest BCUT2D eigenvalue weighted by molar-refractivity contribution is 5.83. The van der Waals surface area contributed by atoms with Gasteiger partial charge in [-0.05, 0) is 12.8 Å². The van der Waals surface area contributed by atoms with Gasteiger partial charge in [0.05, 0.1) is 11.8 Å². The molecule has 0 aromatic heterocycles. The normalized spacial score (nSPS) is 19.4. The molecule has 0 atom stereocenters. The molecule has 0 saturated heterocycles. The summed E-state index contributed by atoms with van der Waals surface area (Å²) >= 11 is 0. The van der Waals surface area contributed by atoms with Crippen LogP contribution in [0.25, 0.3) is 0 Å². The molecule has 0 unspecified atom stereocenters. The van der Waals surface area contributed by atoms with Gasteiger partial charge in [-0.2, -0.15) is 13.2 Å². The van der Waals surface area contributed by atoms with E-state index in [0.29, 0.717) is 12.8 Å². The summed E-state index contributed by atoms with van der Waals surface area (Å²) in [6.07, 6.45) is -1.94. The Morgan fingerprint density at radius 3 is 2.29 bits per heavy atom. The summed E-state index contributed by atoms with van der Waals surface area (Å²) in [6, 6.07) is 0. The number of halogens is 3. The molecule has 0 radical (unpaired) electrons. The van der Waals surface area contributed by atoms with Crippen LogP contribution in [0.15, 0.2) is 0 Å². The van der Waals surface area contributed by atoms with Gasteiger partial charge in [0, 0.05) is 20.1 Å². The third-order valence-electron chi connectivity index (χ3n) is 3.48. The number of amides is 1. The van der Waals surface area contributed by atoms with Gasteiger partial charge in [-0.1, -0.05) is 12.8 Å². The van der Waals surface area contributed by atoms with E-state index >= 15 is 0 Å². The minimum atomic E-state index is -4.22. The number of hydrogen-bond donors (Lipinski definition) is 1. The molecule has 1 rings (SSSR count). The zero-order chi connectivity index (χ0) is 13.1. The summed E-state index contributed by atoms with van der Waals surface area (Å²) in [5, 5.41) is 0. The van der Waals surface area contributed by atoms with E-state index in [4.69, 9.17) is 5.73 Å². The van der Waals surface area contributed by atoms with Gasteiger partial charge in [0.25, 0.3) is 0 Å². The molecule has 1 amide bonds. The Morgan fingerprint density at radius 2 is 1.88 bits per heavy atom. The van der Waals surface area contributed by atoms with Crippen LogP contribution in [0, 0.1) is 5.41 Å². The second kappa shape index (κ2) is 5.25. The number of carbonyl (C=O) groups is 1. The van der Waals surface area contributed by atoms with Crippen molar-refractivity contribution in [2.45, 2.75) is 38.3 Å². The zero-order valence-corrected chi connectivity index (χ0v) is 10.0. The first-order valence-corrected chi connectivity index (χ1v) is 5.83. The van der Waals surface area contributed by atoms with Gasteiger partial charge >= 0.3 is 6.18 Å². The van der Waals surface area contributed by atoms with Crippen molar-refractivity contribution in [1.29, 1.82) is 0 Å². The average Bonchev–Trinajstić information content (AvgIpc) is 2.73. The second-order valence-electron chi connectivity index (χ2n) is 4.78. The first kappa shape index (κ1) is 14.3. The lowest BCUT2D eigenvalue weighted by molar-refractivity contribution is -0.149. The molecule has 0 spiro atoms. The van der Waals surface area contributed by atoms with Crippen LogP contribution in [0.5, 0.6) is 0 Å². The van der Waals surface area contributed by atoms with Crippen LogP contribution < -0.4 is 5.73 Å². The summed E-state index contributed by atoms with van der Waals surface area (Å²) in [6.45, 7) is -0.0632. The Kier molecular flexibility index (Phi) is 4.41. The third-order valence-corrected chi connectivity index (χ3v) is 3.48. The zero-order valence-electron chi connectivity index (χ0n) is 10.0. The predicted molar refractivity (Wildman–Crippen MR) is 58.3 cm³/mol. The molecule has 2 N–H and O–H groups in total. The predicted octanol–water partition coefficient (Wildman–Crippen LogP) is 1.92. The highest BCUT2D eigenvalue weighted by atomic mass is 19.4. The fourth-order valence-electron chi connectivity index (χ4n) is 2.36. The first-order valence-electron chi connectivity index (χ1n) is 5.83. The van der Waals surface area contributed by atoms with E-state index in [1.165, 1.54) is 11.9 Å². The van der Waals surface area contributed by atoms with Crippen molar-refractivity contribution in [3.8, 4) is 0 Å². The molecule has 0 bridgehead atoms. The molecule has 6 heteroatoms. The maximum Gasteiger partial charge on any atom is 0.390 e. The van der Waals surface area contributed by atoms with Gasteiger partial charge in [-0.3, -0.25) is 4.79 Å². The molecule has 17 heavy (non-hydrogen) atoms. The number of hydrogen-bond acceptors (Lipinski definition) is 2. The molecular weight excluding hydrogens is 233 g/mol. The molecule has 0 aromatic rings. The van der Waals surface area contributed by atoms with Crippen molar-refractivity contribution in [2.75, 3.05) is 20.1 Å². The van der Waals surface area contributed by atoms with Crippen LogP contribution in [-0.2, 0) is 4.79 Å². The smallest absolute Gasteiger partial charge is 0.345 e. The molecule has 1 aliphatic rings. The van der Waals surface area contributed by atoms with Crippen molar-refractivity contribution in [2.24, 2.45) is 11.1 Å². The Balaban J connectivity index is 2.56. The molecular formula is C11H19F3N2O. The Bertz CT molecular complexity index is 272. The SMILES string of the molecule is CN(CCC(F)(F)F)C(=O)C1(CN)CCCC1. The fraction of sp³-hybridized carbons (Fsp3) is 0.909. The Labute approximate surface area is 99.1 Å². The molecule has 100 valence electrons. The van der Waals surface area contributed by atoms with E-state index in [-0.39, 0.29) is 19.0 Å². The highest BCUT2D eigenvalue weighted by Gasteiger charge is 2.42. The van der Waals surface area contributed by atoms with E-state index < -0.39 is 18.0 Å². The number of alkyl halides is 3. The summed E-state index contributed by atoms with van der Waals surface area (Å²) in [5.41, 5.74) is 5.01. The number of nitrogens with two attached hydrogens (primary N) is 1. The van der Waals surface area contributed by atoms with Gasteiger partial charge in [0.1, 0.15) is 0 Å². The molecule has 0 aliphatic heterocycles. The van der Waals surface area contributed by atoms with E-state index in [0.717, 1.165) is 12.8 Å². The molecule has 1 aliphatic carbocycles. The van der Waals surface area contributed by atoms with Gasteiger partial charge in [-0.25, -0.2) is 0 Å². The van der Waals surface area contributed by atoms with Crippen molar-refractivity contribution in [3.63, 3.8) is 0 Å². The lowest BCUT2D eigenvalue weighted by atomic mass is 9.84. The van der Waals surface area contributed by atoms with E-state index in [2.05, 4.69) is 0 Å². The maximum absolute atomic E-state index is 12.1. The van der Waals surface area contributed by atoms with Gasteiger partial charge in [0.15, 0.2) is 0 Å². The summed E-state index contributed by atoms with van der Waals surface area (Å²) in [4.78, 5) is 13.3. The van der Waals surface area contributed by atoms with Crippen LogP contribution in [0.1, 0.15) is 32.1 Å². The monoisotopic (exact) mass is 252 g/mol. The molecule has 0 heterocycles. The molecule has 0 aromatic carbocycles. The van der Waals surface area contributed by atoms with Crippen molar-refractivity contribution in [1.82, 2.24) is 4.90 Å². The number of nitrogens with zero attached hydrogens (tertiary/aromatic N) is 1. The van der Waals surface area contributed by atoms with Crippen LogP contribution in [-0.4, -0.2) is 37.1 Å². The van der Waals surface area contributed by atoms with Gasteiger partial charge in [-0.15, -0.1) is 0 Å². The van der Waals surface area contributed by atoms with Crippen LogP contribution in [0.4, 0.5) is 13.2 Å². The Hall–Kier alpha value is -0.780. The maximum atomic E-state index is 12.1. The third kappa shape index (κ3) is 3.59. The largest absolute Gasteiger partial charge is 0.390 e. The average molecular weight is 252 g/mol. The number of carbonyl (C=O) groups excluding carboxylic acids is 1. The van der Waals surface area contributed by atoms with Crippen molar-refractivity contribution < 1.29 is 18.0 Å². The van der Waals surface area contributed by atoms with Gasteiger partial charge < -0.3 is 10.6 Å². The molecule has 1 saturated carbocycles. The van der Waals surface area contributed by atoms with Crippen molar-refractivity contribution >= 4 is 5.91 Å². The molecule has 1 fully saturated rings. The van der Waals surface area contributed by atoms with Crippen LogP contribution in [0.3, 0.4) is 0 Å². The topological polar surface area (TPSA) is 46.3 Å². The lowest BCUT2D eigenvalue weighted by Crippen LogP contribution is -2.45. The summed E-state index contributed by atoms with van der Waals surface area (Å²) in [7, 11) is 1.42. The van der Waals surface area contributed by atoms with Crippen LogP contribution in [0.2, 0.25) is 0 Å². The van der Waals surface area contributed by atoms with Crippen LogP contribution >= 0.6 is 0 Å². The van der Waals surface area contributed by atoms with Gasteiger partial charge in [0.2, 0.25) is 5.91 Å². The number of rotatable bonds is 4. The van der Waals surface area contributed by atoms with E-state index in [1.807, 2.05) is 0 Å². The lowest BCUT2D eigenvalue weighted by Gasteiger charge is -2.31. The fourth-order valence-corrected chi connectivity index (χ4v) is 2.36. The Morgan fingerprint density at radius 1 is 1.35 bits per heavy atom. The highest BCUT2D eigenvalue weighted by Crippen LogP contribution is 2.38. The van der Waals surface area contributed by atoms with Crippen molar-refractivity contribution in [3.05, 3.63) is 0 Å². The summed E-state index contributed by atoms with van der Waals surface area (Å²) < 4.78 is 36.2. The quantitative estimate of drug-likeness (QED) is 0.830. The minimum absolute atomic E-state index is 0.224. The minimum Gasteiger partial charge on any atom is -0.345 e. The summed E-state index contributed by atoms with van der Waals surface area (Å²) in [5.74, 6) is -0.234. The standard InChI is InChI=1S/C11H19F3N2O/c1-16(7-6-11(12,13)14)9(17)10(8-15)4-2-3-5-10/h2-8,15H2,1H3. The second-order valence-corrected chi connectivity index (χ2v) is 4.78. The molecule has 3 nitrogen and oxygen atoms in total.